The van der Waals surface area contributed by atoms with Crippen LogP contribution in [-0.2, 0) is 14.2 Å². The highest BCUT2D eigenvalue weighted by atomic mass is 16.7. The lowest BCUT2D eigenvalue weighted by Crippen LogP contribution is -2.60. The molecule has 2 rings (SSSR count). The molecule has 0 bridgehead atoms. The first-order chi connectivity index (χ1) is 7.17. The largest absolute Gasteiger partial charge is 0.394 e. The maximum atomic E-state index is 10.00. The van der Waals surface area contributed by atoms with Crippen molar-refractivity contribution in [1.29, 1.82) is 0 Å². The maximum Gasteiger partial charge on any atom is 0.178 e. The average Bonchev–Trinajstić information content (AvgIpc) is 2.59. The summed E-state index contributed by atoms with van der Waals surface area (Å²) in [5.74, 6) is 0. The Morgan fingerprint density at radius 1 is 1.40 bits per heavy atom. The molecular weight excluding hydrogens is 202 g/mol. The second kappa shape index (κ2) is 4.32. The van der Waals surface area contributed by atoms with Gasteiger partial charge in [0.05, 0.1) is 12.6 Å². The molecule has 0 radical (unpaired) electrons. The first-order valence-corrected chi connectivity index (χ1v) is 5.06. The van der Waals surface area contributed by atoms with E-state index < -0.39 is 24.6 Å². The van der Waals surface area contributed by atoms with Crippen molar-refractivity contribution in [2.75, 3.05) is 13.7 Å². The lowest BCUT2D eigenvalue weighted by molar-refractivity contribution is -0.252. The monoisotopic (exact) mass is 219 g/mol. The first kappa shape index (κ1) is 11.3. The van der Waals surface area contributed by atoms with Crippen molar-refractivity contribution < 1.29 is 24.4 Å². The molecule has 0 aromatic heterocycles. The van der Waals surface area contributed by atoms with Gasteiger partial charge in [-0.25, -0.2) is 0 Å². The van der Waals surface area contributed by atoms with Crippen LogP contribution in [0, 0.1) is 0 Å². The number of fused-ring (bicyclic) bond motifs is 1. The third-order valence-corrected chi connectivity index (χ3v) is 2.89. The Bertz CT molecular complexity index is 221. The summed E-state index contributed by atoms with van der Waals surface area (Å²) in [6, 6.07) is -0.298. The Morgan fingerprint density at radius 2 is 2.13 bits per heavy atom. The van der Waals surface area contributed by atoms with Crippen molar-refractivity contribution in [3.8, 4) is 0 Å². The van der Waals surface area contributed by atoms with Crippen LogP contribution in [-0.4, -0.2) is 60.8 Å². The Balaban J connectivity index is 2.11. The van der Waals surface area contributed by atoms with Gasteiger partial charge in [0, 0.05) is 7.11 Å². The van der Waals surface area contributed by atoms with Crippen LogP contribution in [0.25, 0.3) is 0 Å². The second-order valence-corrected chi connectivity index (χ2v) is 3.89. The van der Waals surface area contributed by atoms with Gasteiger partial charge in [-0.3, -0.25) is 5.32 Å². The summed E-state index contributed by atoms with van der Waals surface area (Å²) in [4.78, 5) is 0. The van der Waals surface area contributed by atoms with E-state index in [4.69, 9.17) is 19.3 Å². The number of ether oxygens (including phenoxy) is 3. The molecule has 2 aliphatic rings. The molecule has 0 aromatic carbocycles. The van der Waals surface area contributed by atoms with Crippen molar-refractivity contribution in [3.63, 3.8) is 0 Å². The van der Waals surface area contributed by atoms with Crippen LogP contribution < -0.4 is 5.32 Å². The molecule has 2 saturated heterocycles. The van der Waals surface area contributed by atoms with E-state index >= 15 is 0 Å². The molecule has 2 aliphatic heterocycles. The standard InChI is InChI=1S/C9H17NO5/c1-4-10-6-7(12)8(13-2)5(3-11)15-9(6)14-4/h4-12H,3H2,1-2H3/t4?,5?,6?,7-,8-,9+/m1/s1. The van der Waals surface area contributed by atoms with E-state index in [2.05, 4.69) is 5.32 Å². The van der Waals surface area contributed by atoms with Crippen LogP contribution in [0.1, 0.15) is 6.92 Å². The maximum absolute atomic E-state index is 10.00. The molecule has 0 aromatic rings. The quantitative estimate of drug-likeness (QED) is 0.520. The second-order valence-electron chi connectivity index (χ2n) is 3.89. The molecule has 15 heavy (non-hydrogen) atoms. The number of hydrogen-bond acceptors (Lipinski definition) is 6. The number of hydrogen-bond donors (Lipinski definition) is 3. The van der Waals surface area contributed by atoms with Gasteiger partial charge in [-0.2, -0.15) is 0 Å². The summed E-state index contributed by atoms with van der Waals surface area (Å²) in [5.41, 5.74) is 0. The average molecular weight is 219 g/mol. The lowest BCUT2D eigenvalue weighted by atomic mass is 9.97. The smallest absolute Gasteiger partial charge is 0.178 e. The van der Waals surface area contributed by atoms with Gasteiger partial charge in [0.1, 0.15) is 24.5 Å². The Hall–Kier alpha value is -0.240. The number of nitrogens with one attached hydrogen (secondary N) is 1. The van der Waals surface area contributed by atoms with Crippen LogP contribution >= 0.6 is 0 Å². The van der Waals surface area contributed by atoms with Gasteiger partial charge in [-0.15, -0.1) is 0 Å². The number of aliphatic hydroxyl groups is 2. The highest BCUT2D eigenvalue weighted by Gasteiger charge is 2.49. The molecule has 88 valence electrons. The highest BCUT2D eigenvalue weighted by molar-refractivity contribution is 4.96. The minimum Gasteiger partial charge on any atom is -0.394 e. The summed E-state index contributed by atoms with van der Waals surface area (Å²) >= 11 is 0. The van der Waals surface area contributed by atoms with Crippen LogP contribution in [0.15, 0.2) is 0 Å². The zero-order valence-electron chi connectivity index (χ0n) is 8.79. The van der Waals surface area contributed by atoms with Gasteiger partial charge in [-0.1, -0.05) is 0 Å². The van der Waals surface area contributed by atoms with E-state index in [0.29, 0.717) is 0 Å². The van der Waals surface area contributed by atoms with Crippen LogP contribution in [0.2, 0.25) is 0 Å². The summed E-state index contributed by atoms with van der Waals surface area (Å²) < 4.78 is 16.0. The SMILES string of the molecule is CO[C@@H]1C(CO)O[C@@H]2OC(C)NC2[C@H]1O. The fourth-order valence-electron chi connectivity index (χ4n) is 2.16. The summed E-state index contributed by atoms with van der Waals surface area (Å²) in [5, 5.41) is 22.2. The molecule has 0 amide bonds. The number of methoxy groups -OCH3 is 1. The predicted octanol–water partition coefficient (Wildman–Crippen LogP) is -1.59. The lowest BCUT2D eigenvalue weighted by Gasteiger charge is -2.39. The summed E-state index contributed by atoms with van der Waals surface area (Å²) in [7, 11) is 1.49. The van der Waals surface area contributed by atoms with Gasteiger partial charge in [-0.05, 0) is 6.92 Å². The molecule has 0 spiro atoms. The van der Waals surface area contributed by atoms with E-state index in [1.165, 1.54) is 7.11 Å². The van der Waals surface area contributed by atoms with Crippen molar-refractivity contribution in [1.82, 2.24) is 5.32 Å². The van der Waals surface area contributed by atoms with Gasteiger partial charge in [0.25, 0.3) is 0 Å². The third kappa shape index (κ3) is 1.89. The van der Waals surface area contributed by atoms with Gasteiger partial charge < -0.3 is 24.4 Å². The number of rotatable bonds is 2. The Labute approximate surface area is 88.1 Å². The molecule has 2 heterocycles. The third-order valence-electron chi connectivity index (χ3n) is 2.89. The van der Waals surface area contributed by atoms with E-state index in [9.17, 15) is 5.11 Å². The van der Waals surface area contributed by atoms with Gasteiger partial charge in [0.15, 0.2) is 6.29 Å². The van der Waals surface area contributed by atoms with Gasteiger partial charge in [0.2, 0.25) is 0 Å². The molecule has 6 atom stereocenters. The van der Waals surface area contributed by atoms with Crippen molar-refractivity contribution in [2.24, 2.45) is 0 Å². The molecular formula is C9H17NO5. The molecule has 3 N–H and O–H groups in total. The molecule has 3 unspecified atom stereocenters. The fourth-order valence-corrected chi connectivity index (χ4v) is 2.16. The number of aliphatic hydroxyl groups excluding tert-OH is 2. The molecule has 0 aliphatic carbocycles. The summed E-state index contributed by atoms with van der Waals surface area (Å²) in [6.45, 7) is 1.64. The highest BCUT2D eigenvalue weighted by Crippen LogP contribution is 2.28. The summed E-state index contributed by atoms with van der Waals surface area (Å²) in [6.07, 6.45) is -2.49. The zero-order valence-corrected chi connectivity index (χ0v) is 8.79. The zero-order chi connectivity index (χ0) is 11.0. The van der Waals surface area contributed by atoms with Crippen LogP contribution in [0.5, 0.6) is 0 Å². The van der Waals surface area contributed by atoms with Crippen molar-refractivity contribution in [2.45, 2.75) is 43.8 Å². The minimum atomic E-state index is -0.740. The normalized spacial score (nSPS) is 50.4. The predicted molar refractivity (Wildman–Crippen MR) is 50.0 cm³/mol. The van der Waals surface area contributed by atoms with E-state index in [-0.39, 0.29) is 18.9 Å². The topological polar surface area (TPSA) is 80.2 Å². The molecule has 6 heteroatoms. The molecule has 0 saturated carbocycles. The first-order valence-electron chi connectivity index (χ1n) is 5.06. The van der Waals surface area contributed by atoms with Crippen LogP contribution in [0.4, 0.5) is 0 Å². The van der Waals surface area contributed by atoms with E-state index in [0.717, 1.165) is 0 Å². The van der Waals surface area contributed by atoms with Gasteiger partial charge >= 0.3 is 0 Å². The molecule has 2 fully saturated rings. The minimum absolute atomic E-state index is 0.162. The van der Waals surface area contributed by atoms with Crippen LogP contribution in [0.3, 0.4) is 0 Å². The van der Waals surface area contributed by atoms with Crippen molar-refractivity contribution >= 4 is 0 Å². The Morgan fingerprint density at radius 3 is 2.73 bits per heavy atom. The van der Waals surface area contributed by atoms with E-state index in [1.54, 1.807) is 0 Å². The van der Waals surface area contributed by atoms with Crippen molar-refractivity contribution in [3.05, 3.63) is 0 Å². The Kier molecular flexibility index (Phi) is 3.24. The fraction of sp³-hybridized carbons (Fsp3) is 1.00. The molecule has 6 nitrogen and oxygen atoms in total. The van der Waals surface area contributed by atoms with E-state index in [1.807, 2.05) is 6.92 Å².